The molecule has 0 atom stereocenters. The Kier molecular flexibility index (Phi) is 7.47. The van der Waals surface area contributed by atoms with Crippen molar-refractivity contribution < 1.29 is 13.2 Å². The molecule has 1 aliphatic carbocycles. The Balaban J connectivity index is 2.07. The summed E-state index contributed by atoms with van der Waals surface area (Å²) in [7, 11) is -3.78. The van der Waals surface area contributed by atoms with Crippen LogP contribution in [-0.4, -0.2) is 37.8 Å². The van der Waals surface area contributed by atoms with Crippen molar-refractivity contribution in [3.63, 3.8) is 0 Å². The smallest absolute Gasteiger partial charge is 0.243 e. The van der Waals surface area contributed by atoms with E-state index >= 15 is 0 Å². The van der Waals surface area contributed by atoms with Crippen LogP contribution >= 0.6 is 11.6 Å². The Morgan fingerprint density at radius 1 is 1.20 bits per heavy atom. The lowest BCUT2D eigenvalue weighted by molar-refractivity contribution is -0.122. The van der Waals surface area contributed by atoms with Crippen molar-refractivity contribution in [2.75, 3.05) is 13.1 Å². The first-order valence-corrected chi connectivity index (χ1v) is 10.4. The zero-order valence-electron chi connectivity index (χ0n) is 14.3. The SMILES string of the molecule is C=CCN(CC(=O)NC1CCCCCC1)S(=O)(=O)c1ccc(Cl)cc1. The molecular weight excluding hydrogens is 360 g/mol. The molecule has 7 heteroatoms. The summed E-state index contributed by atoms with van der Waals surface area (Å²) < 4.78 is 26.7. The third kappa shape index (κ3) is 5.83. The molecule has 5 nitrogen and oxygen atoms in total. The third-order valence-electron chi connectivity index (χ3n) is 4.32. The highest BCUT2D eigenvalue weighted by Gasteiger charge is 2.26. The van der Waals surface area contributed by atoms with E-state index in [-0.39, 0.29) is 29.9 Å². The summed E-state index contributed by atoms with van der Waals surface area (Å²) in [6.07, 6.45) is 7.98. The molecule has 1 aromatic carbocycles. The van der Waals surface area contributed by atoms with E-state index in [0.29, 0.717) is 5.02 Å². The monoisotopic (exact) mass is 384 g/mol. The standard InChI is InChI=1S/C18H25ClN2O3S/c1-2-13-21(25(23,24)17-11-9-15(19)10-12-17)14-18(22)20-16-7-5-3-4-6-8-16/h2,9-12,16H,1,3-8,13-14H2,(H,20,22). The van der Waals surface area contributed by atoms with Gasteiger partial charge < -0.3 is 5.32 Å². The molecule has 0 aromatic heterocycles. The van der Waals surface area contributed by atoms with Crippen LogP contribution in [0, 0.1) is 0 Å². The maximum Gasteiger partial charge on any atom is 0.243 e. The summed E-state index contributed by atoms with van der Waals surface area (Å²) in [5.41, 5.74) is 0. The van der Waals surface area contributed by atoms with Gasteiger partial charge in [-0.25, -0.2) is 8.42 Å². The summed E-state index contributed by atoms with van der Waals surface area (Å²) in [5.74, 6) is -0.272. The fourth-order valence-electron chi connectivity index (χ4n) is 3.00. The van der Waals surface area contributed by atoms with Crippen LogP contribution in [0.2, 0.25) is 5.02 Å². The number of amides is 1. The van der Waals surface area contributed by atoms with Crippen LogP contribution in [0.1, 0.15) is 38.5 Å². The van der Waals surface area contributed by atoms with Crippen LogP contribution in [0.15, 0.2) is 41.8 Å². The number of benzene rings is 1. The van der Waals surface area contributed by atoms with E-state index in [1.807, 2.05) is 0 Å². The van der Waals surface area contributed by atoms with E-state index in [1.54, 1.807) is 0 Å². The van der Waals surface area contributed by atoms with Crippen molar-refractivity contribution in [2.24, 2.45) is 0 Å². The second-order valence-corrected chi connectivity index (χ2v) is 8.67. The fraction of sp³-hybridized carbons (Fsp3) is 0.500. The first kappa shape index (κ1) is 19.9. The second-order valence-electron chi connectivity index (χ2n) is 6.30. The van der Waals surface area contributed by atoms with Crippen LogP contribution in [0.3, 0.4) is 0 Å². The largest absolute Gasteiger partial charge is 0.352 e. The molecule has 1 aliphatic rings. The highest BCUT2D eigenvalue weighted by molar-refractivity contribution is 7.89. The number of hydrogen-bond donors (Lipinski definition) is 1. The summed E-state index contributed by atoms with van der Waals surface area (Å²) in [6.45, 7) is 3.46. The molecule has 0 radical (unpaired) electrons. The molecule has 1 aromatic rings. The first-order valence-electron chi connectivity index (χ1n) is 8.59. The number of carbonyl (C=O) groups excluding carboxylic acids is 1. The van der Waals surface area contributed by atoms with Crippen molar-refractivity contribution in [1.29, 1.82) is 0 Å². The molecule has 1 amide bonds. The molecule has 25 heavy (non-hydrogen) atoms. The molecule has 0 unspecified atom stereocenters. The van der Waals surface area contributed by atoms with Crippen LogP contribution in [-0.2, 0) is 14.8 Å². The zero-order chi connectivity index (χ0) is 18.3. The van der Waals surface area contributed by atoms with Crippen molar-refractivity contribution in [2.45, 2.75) is 49.5 Å². The summed E-state index contributed by atoms with van der Waals surface area (Å²) >= 11 is 5.82. The van der Waals surface area contributed by atoms with Gasteiger partial charge >= 0.3 is 0 Å². The number of halogens is 1. The Bertz CT molecular complexity index is 681. The Morgan fingerprint density at radius 2 is 1.80 bits per heavy atom. The first-order chi connectivity index (χ1) is 11.9. The van der Waals surface area contributed by atoms with Crippen LogP contribution < -0.4 is 5.32 Å². The Hall–Kier alpha value is -1.37. The van der Waals surface area contributed by atoms with Gasteiger partial charge in [0.25, 0.3) is 0 Å². The van der Waals surface area contributed by atoms with Gasteiger partial charge in [-0.1, -0.05) is 43.4 Å². The van der Waals surface area contributed by atoms with Crippen LogP contribution in [0.25, 0.3) is 0 Å². The van der Waals surface area contributed by atoms with Gasteiger partial charge in [0.2, 0.25) is 15.9 Å². The molecule has 0 saturated heterocycles. The minimum absolute atomic E-state index is 0.0725. The molecular formula is C18H25ClN2O3S. The molecule has 1 fully saturated rings. The van der Waals surface area contributed by atoms with Crippen molar-refractivity contribution in [3.8, 4) is 0 Å². The van der Waals surface area contributed by atoms with E-state index in [2.05, 4.69) is 11.9 Å². The van der Waals surface area contributed by atoms with Crippen molar-refractivity contribution in [1.82, 2.24) is 9.62 Å². The number of nitrogens with one attached hydrogen (secondary N) is 1. The lowest BCUT2D eigenvalue weighted by atomic mass is 10.1. The zero-order valence-corrected chi connectivity index (χ0v) is 15.9. The lowest BCUT2D eigenvalue weighted by Crippen LogP contribution is -2.44. The van der Waals surface area contributed by atoms with E-state index < -0.39 is 10.0 Å². The van der Waals surface area contributed by atoms with E-state index in [4.69, 9.17) is 11.6 Å². The number of hydrogen-bond acceptors (Lipinski definition) is 3. The minimum Gasteiger partial charge on any atom is -0.352 e. The number of sulfonamides is 1. The van der Waals surface area contributed by atoms with Gasteiger partial charge in [0.15, 0.2) is 0 Å². The molecule has 0 spiro atoms. The lowest BCUT2D eigenvalue weighted by Gasteiger charge is -2.22. The molecule has 1 N–H and O–H groups in total. The number of nitrogens with zero attached hydrogens (tertiary/aromatic N) is 1. The number of carbonyl (C=O) groups is 1. The van der Waals surface area contributed by atoms with E-state index in [1.165, 1.54) is 43.2 Å². The van der Waals surface area contributed by atoms with Gasteiger partial charge in [-0.05, 0) is 37.1 Å². The average Bonchev–Trinajstić information content (AvgIpc) is 2.83. The third-order valence-corrected chi connectivity index (χ3v) is 6.40. The molecule has 138 valence electrons. The van der Waals surface area contributed by atoms with Gasteiger partial charge in [-0.2, -0.15) is 4.31 Å². The topological polar surface area (TPSA) is 66.5 Å². The van der Waals surface area contributed by atoms with Gasteiger partial charge in [0.05, 0.1) is 11.4 Å². The van der Waals surface area contributed by atoms with Gasteiger partial charge in [0, 0.05) is 17.6 Å². The van der Waals surface area contributed by atoms with Gasteiger partial charge in [0.1, 0.15) is 0 Å². The molecule has 0 aliphatic heterocycles. The van der Waals surface area contributed by atoms with Gasteiger partial charge in [-0.3, -0.25) is 4.79 Å². The predicted octanol–water partition coefficient (Wildman–Crippen LogP) is 3.36. The predicted molar refractivity (Wildman–Crippen MR) is 100 cm³/mol. The van der Waals surface area contributed by atoms with Crippen molar-refractivity contribution >= 4 is 27.5 Å². The maximum atomic E-state index is 12.8. The molecule has 1 saturated carbocycles. The van der Waals surface area contributed by atoms with Gasteiger partial charge in [-0.15, -0.1) is 6.58 Å². The molecule has 0 bridgehead atoms. The molecule has 0 heterocycles. The Labute approximate surface area is 155 Å². The normalized spacial score (nSPS) is 16.4. The maximum absolute atomic E-state index is 12.8. The van der Waals surface area contributed by atoms with E-state index in [9.17, 15) is 13.2 Å². The van der Waals surface area contributed by atoms with Crippen LogP contribution in [0.5, 0.6) is 0 Å². The number of rotatable bonds is 7. The average molecular weight is 385 g/mol. The minimum atomic E-state index is -3.78. The second kappa shape index (κ2) is 9.36. The highest BCUT2D eigenvalue weighted by atomic mass is 35.5. The van der Waals surface area contributed by atoms with Crippen LogP contribution in [0.4, 0.5) is 0 Å². The summed E-state index contributed by atoms with van der Waals surface area (Å²) in [6, 6.07) is 6.06. The van der Waals surface area contributed by atoms with E-state index in [0.717, 1.165) is 30.0 Å². The summed E-state index contributed by atoms with van der Waals surface area (Å²) in [5, 5.41) is 3.44. The van der Waals surface area contributed by atoms with Crippen molar-refractivity contribution in [3.05, 3.63) is 41.9 Å². The highest BCUT2D eigenvalue weighted by Crippen LogP contribution is 2.19. The molecule has 2 rings (SSSR count). The summed E-state index contributed by atoms with van der Waals surface area (Å²) in [4.78, 5) is 12.5. The fourth-order valence-corrected chi connectivity index (χ4v) is 4.50. The Morgan fingerprint density at radius 3 is 2.36 bits per heavy atom. The quantitative estimate of drug-likeness (QED) is 0.579.